The van der Waals surface area contributed by atoms with Gasteiger partial charge in [-0.2, -0.15) is 0 Å². The number of hydrogen-bond acceptors (Lipinski definition) is 4. The van der Waals surface area contributed by atoms with Crippen molar-refractivity contribution in [1.82, 2.24) is 4.90 Å². The molecule has 1 atom stereocenters. The Morgan fingerprint density at radius 3 is 2.75 bits per heavy atom. The molecular formula is C19H22ClNO3. The number of ether oxygens (including phenoxy) is 1. The topological polar surface area (TPSA) is 42.7 Å². The zero-order chi connectivity index (χ0) is 16.9. The maximum atomic E-state index is 12.7. The van der Waals surface area contributed by atoms with E-state index in [0.29, 0.717) is 11.6 Å². The lowest BCUT2D eigenvalue weighted by Crippen LogP contribution is -2.38. The summed E-state index contributed by atoms with van der Waals surface area (Å²) in [5, 5.41) is 0.654. The number of benzene rings is 1. The molecule has 5 heteroatoms. The normalized spacial score (nSPS) is 18.7. The summed E-state index contributed by atoms with van der Waals surface area (Å²) >= 11 is 5.90. The van der Waals surface area contributed by atoms with Crippen molar-refractivity contribution in [3.8, 4) is 0 Å². The number of hydrogen-bond donors (Lipinski definition) is 0. The van der Waals surface area contributed by atoms with Crippen molar-refractivity contribution in [2.45, 2.75) is 26.0 Å². The summed E-state index contributed by atoms with van der Waals surface area (Å²) in [6, 6.07) is 11.1. The molecule has 1 aliphatic heterocycles. The average Bonchev–Trinajstić information content (AvgIpc) is 3.02. The predicted molar refractivity (Wildman–Crippen MR) is 93.2 cm³/mol. The van der Waals surface area contributed by atoms with Gasteiger partial charge in [0.15, 0.2) is 5.78 Å². The lowest BCUT2D eigenvalue weighted by molar-refractivity contribution is 0.0800. The largest absolute Gasteiger partial charge is 0.462 e. The molecule has 0 spiro atoms. The Kier molecular flexibility index (Phi) is 5.72. The van der Waals surface area contributed by atoms with Gasteiger partial charge in [-0.15, -0.1) is 0 Å². The first-order valence-electron chi connectivity index (χ1n) is 8.24. The molecule has 1 aliphatic rings. The number of ketones is 1. The Labute approximate surface area is 147 Å². The Hall–Kier alpha value is -1.62. The molecule has 2 heterocycles. The molecule has 0 unspecified atom stereocenters. The van der Waals surface area contributed by atoms with Crippen LogP contribution in [-0.4, -0.2) is 30.9 Å². The standard InChI is InChI=1S/C19H22ClNO3/c1-23-13-18-9-8-17(24-18)12-21-10-2-3-15(11-21)19(22)14-4-6-16(20)7-5-14/h4-9,15H,2-3,10-13H2,1H3/t15-/m0/s1. The molecule has 0 radical (unpaired) electrons. The molecule has 0 amide bonds. The van der Waals surface area contributed by atoms with E-state index in [1.54, 1.807) is 19.2 Å². The van der Waals surface area contributed by atoms with Gasteiger partial charge in [-0.1, -0.05) is 11.6 Å². The minimum atomic E-state index is 0.0355. The fourth-order valence-electron chi connectivity index (χ4n) is 3.21. The molecule has 1 saturated heterocycles. The molecule has 128 valence electrons. The third-order valence-corrected chi connectivity index (χ3v) is 4.64. The number of carbonyl (C=O) groups excluding carboxylic acids is 1. The zero-order valence-corrected chi connectivity index (χ0v) is 14.6. The Balaban J connectivity index is 1.61. The van der Waals surface area contributed by atoms with Gasteiger partial charge in [0.1, 0.15) is 18.1 Å². The van der Waals surface area contributed by atoms with Crippen LogP contribution in [0.5, 0.6) is 0 Å². The monoisotopic (exact) mass is 347 g/mol. The SMILES string of the molecule is COCc1ccc(CN2CCC[C@H](C(=O)c3ccc(Cl)cc3)C2)o1. The van der Waals surface area contributed by atoms with Crippen LogP contribution in [0.1, 0.15) is 34.7 Å². The molecule has 3 rings (SSSR count). The Bertz CT molecular complexity index is 680. The number of likely N-dealkylation sites (tertiary alicyclic amines) is 1. The zero-order valence-electron chi connectivity index (χ0n) is 13.8. The van der Waals surface area contributed by atoms with Crippen molar-refractivity contribution in [3.05, 3.63) is 58.5 Å². The highest BCUT2D eigenvalue weighted by Gasteiger charge is 2.27. The van der Waals surface area contributed by atoms with E-state index in [4.69, 9.17) is 20.8 Å². The van der Waals surface area contributed by atoms with Crippen LogP contribution >= 0.6 is 11.6 Å². The van der Waals surface area contributed by atoms with Gasteiger partial charge in [-0.3, -0.25) is 9.69 Å². The smallest absolute Gasteiger partial charge is 0.167 e. The first kappa shape index (κ1) is 17.2. The number of nitrogens with zero attached hydrogens (tertiary/aromatic N) is 1. The summed E-state index contributed by atoms with van der Waals surface area (Å²) in [6.07, 6.45) is 1.96. The van der Waals surface area contributed by atoms with Crippen molar-refractivity contribution in [2.24, 2.45) is 5.92 Å². The van der Waals surface area contributed by atoms with Gasteiger partial charge in [-0.25, -0.2) is 0 Å². The number of methoxy groups -OCH3 is 1. The average molecular weight is 348 g/mol. The number of carbonyl (C=O) groups is 1. The predicted octanol–water partition coefficient (Wildman–Crippen LogP) is 4.17. The van der Waals surface area contributed by atoms with Crippen molar-refractivity contribution < 1.29 is 13.9 Å². The van der Waals surface area contributed by atoms with Crippen LogP contribution in [0, 0.1) is 5.92 Å². The molecule has 1 fully saturated rings. The van der Waals surface area contributed by atoms with E-state index in [-0.39, 0.29) is 11.7 Å². The van der Waals surface area contributed by atoms with Gasteiger partial charge in [0.2, 0.25) is 0 Å². The van der Waals surface area contributed by atoms with Crippen molar-refractivity contribution in [3.63, 3.8) is 0 Å². The summed E-state index contributed by atoms with van der Waals surface area (Å²) < 4.78 is 10.8. The highest BCUT2D eigenvalue weighted by atomic mass is 35.5. The van der Waals surface area contributed by atoms with E-state index >= 15 is 0 Å². The lowest BCUT2D eigenvalue weighted by Gasteiger charge is -2.31. The van der Waals surface area contributed by atoms with Crippen LogP contribution in [0.3, 0.4) is 0 Å². The first-order chi connectivity index (χ1) is 11.7. The molecule has 0 bridgehead atoms. The van der Waals surface area contributed by atoms with Crippen molar-refractivity contribution >= 4 is 17.4 Å². The van der Waals surface area contributed by atoms with Gasteiger partial charge < -0.3 is 9.15 Å². The van der Waals surface area contributed by atoms with Gasteiger partial charge in [0.05, 0.1) is 6.54 Å². The fourth-order valence-corrected chi connectivity index (χ4v) is 3.34. The van der Waals surface area contributed by atoms with Crippen LogP contribution in [0.25, 0.3) is 0 Å². The third kappa shape index (κ3) is 4.26. The van der Waals surface area contributed by atoms with Gasteiger partial charge in [0, 0.05) is 30.2 Å². The van der Waals surface area contributed by atoms with Crippen molar-refractivity contribution in [1.29, 1.82) is 0 Å². The van der Waals surface area contributed by atoms with Crippen LogP contribution in [-0.2, 0) is 17.9 Å². The quantitative estimate of drug-likeness (QED) is 0.735. The van der Waals surface area contributed by atoms with E-state index in [2.05, 4.69) is 4.90 Å². The number of piperidine rings is 1. The summed E-state index contributed by atoms with van der Waals surface area (Å²) in [6.45, 7) is 2.97. The highest BCUT2D eigenvalue weighted by molar-refractivity contribution is 6.30. The molecule has 1 aromatic heterocycles. The molecule has 1 aromatic carbocycles. The van der Waals surface area contributed by atoms with E-state index in [1.165, 1.54) is 0 Å². The van der Waals surface area contributed by atoms with E-state index < -0.39 is 0 Å². The second-order valence-corrected chi connectivity index (χ2v) is 6.68. The molecular weight excluding hydrogens is 326 g/mol. The Morgan fingerprint density at radius 1 is 1.25 bits per heavy atom. The molecule has 0 N–H and O–H groups in total. The fraction of sp³-hybridized carbons (Fsp3) is 0.421. The molecule has 4 nitrogen and oxygen atoms in total. The lowest BCUT2D eigenvalue weighted by atomic mass is 9.90. The second-order valence-electron chi connectivity index (χ2n) is 6.25. The number of halogens is 1. The van der Waals surface area contributed by atoms with Gasteiger partial charge in [0.25, 0.3) is 0 Å². The van der Waals surface area contributed by atoms with Gasteiger partial charge >= 0.3 is 0 Å². The van der Waals surface area contributed by atoms with Gasteiger partial charge in [-0.05, 0) is 55.8 Å². The molecule has 24 heavy (non-hydrogen) atoms. The van der Waals surface area contributed by atoms with Crippen LogP contribution in [0.2, 0.25) is 5.02 Å². The highest BCUT2D eigenvalue weighted by Crippen LogP contribution is 2.23. The van der Waals surface area contributed by atoms with Crippen molar-refractivity contribution in [2.75, 3.05) is 20.2 Å². The van der Waals surface area contributed by atoms with E-state index in [0.717, 1.165) is 49.6 Å². The number of rotatable bonds is 6. The van der Waals surface area contributed by atoms with Crippen LogP contribution in [0.4, 0.5) is 0 Å². The maximum Gasteiger partial charge on any atom is 0.167 e. The van der Waals surface area contributed by atoms with E-state index in [1.807, 2.05) is 24.3 Å². The summed E-state index contributed by atoms with van der Waals surface area (Å²) in [5.74, 6) is 1.99. The van der Waals surface area contributed by atoms with E-state index in [9.17, 15) is 4.79 Å². The molecule has 0 aliphatic carbocycles. The third-order valence-electron chi connectivity index (χ3n) is 4.39. The Morgan fingerprint density at radius 2 is 2.00 bits per heavy atom. The second kappa shape index (κ2) is 7.97. The number of furan rings is 1. The minimum Gasteiger partial charge on any atom is -0.462 e. The summed E-state index contributed by atoms with van der Waals surface area (Å²) in [5.41, 5.74) is 0.742. The minimum absolute atomic E-state index is 0.0355. The maximum absolute atomic E-state index is 12.7. The molecule has 2 aromatic rings. The summed E-state index contributed by atoms with van der Waals surface area (Å²) in [4.78, 5) is 15.0. The summed E-state index contributed by atoms with van der Waals surface area (Å²) in [7, 11) is 1.65. The van der Waals surface area contributed by atoms with Crippen LogP contribution in [0.15, 0.2) is 40.8 Å². The van der Waals surface area contributed by atoms with Crippen LogP contribution < -0.4 is 0 Å². The number of Topliss-reactive ketones (excluding diaryl/α,β-unsaturated/α-hetero) is 1. The first-order valence-corrected chi connectivity index (χ1v) is 8.62. The molecule has 0 saturated carbocycles.